The molecule has 23 heavy (non-hydrogen) atoms. The minimum Gasteiger partial charge on any atom is -0.357 e. The number of hydrogen-bond donors (Lipinski definition) is 2. The zero-order chi connectivity index (χ0) is 15.9. The molecule has 0 amide bonds. The predicted octanol–water partition coefficient (Wildman–Crippen LogP) is 3.36. The van der Waals surface area contributed by atoms with E-state index in [4.69, 9.17) is 4.99 Å². The summed E-state index contributed by atoms with van der Waals surface area (Å²) in [6.45, 7) is 9.15. The summed E-state index contributed by atoms with van der Waals surface area (Å²) >= 11 is 0. The monoisotopic (exact) mass is 430 g/mol. The number of benzene rings is 1. The molecule has 2 rings (SSSR count). The first-order valence-electron chi connectivity index (χ1n) is 8.42. The van der Waals surface area contributed by atoms with Crippen molar-refractivity contribution in [3.8, 4) is 0 Å². The van der Waals surface area contributed by atoms with Crippen LogP contribution in [0.1, 0.15) is 44.7 Å². The maximum absolute atomic E-state index is 4.75. The van der Waals surface area contributed by atoms with Crippen LogP contribution in [-0.4, -0.2) is 36.5 Å². The molecule has 0 unspecified atom stereocenters. The Labute approximate surface area is 158 Å². The second-order valence-electron chi connectivity index (χ2n) is 6.39. The van der Waals surface area contributed by atoms with Crippen molar-refractivity contribution in [2.45, 2.75) is 58.8 Å². The first-order chi connectivity index (χ1) is 10.6. The van der Waals surface area contributed by atoms with Gasteiger partial charge < -0.3 is 10.6 Å². The number of aliphatic imine (C=N–C) groups is 1. The summed E-state index contributed by atoms with van der Waals surface area (Å²) in [6, 6.07) is 9.79. The normalized spacial score (nSPS) is 14.8. The van der Waals surface area contributed by atoms with E-state index in [0.717, 1.165) is 25.6 Å². The van der Waals surface area contributed by atoms with Gasteiger partial charge in [-0.2, -0.15) is 0 Å². The number of nitrogens with one attached hydrogen (secondary N) is 2. The van der Waals surface area contributed by atoms with Crippen LogP contribution < -0.4 is 10.6 Å². The summed E-state index contributed by atoms with van der Waals surface area (Å²) < 4.78 is 0. The van der Waals surface area contributed by atoms with Gasteiger partial charge in [-0.3, -0.25) is 4.90 Å². The Bertz CT molecular complexity index is 498. The van der Waals surface area contributed by atoms with Crippen molar-refractivity contribution in [1.29, 1.82) is 0 Å². The van der Waals surface area contributed by atoms with Gasteiger partial charge in [-0.15, -0.1) is 24.0 Å². The van der Waals surface area contributed by atoms with Crippen LogP contribution in [0.2, 0.25) is 0 Å². The molecule has 0 radical (unpaired) electrons. The van der Waals surface area contributed by atoms with Gasteiger partial charge in [0.15, 0.2) is 5.96 Å². The maximum atomic E-state index is 4.75. The first kappa shape index (κ1) is 20.2. The molecule has 0 saturated heterocycles. The van der Waals surface area contributed by atoms with E-state index >= 15 is 0 Å². The van der Waals surface area contributed by atoms with Crippen LogP contribution in [-0.2, 0) is 13.1 Å². The minimum absolute atomic E-state index is 0. The number of rotatable bonds is 7. The Morgan fingerprint density at radius 3 is 2.48 bits per heavy atom. The zero-order valence-corrected chi connectivity index (χ0v) is 17.1. The average Bonchev–Trinajstić information content (AvgIpc) is 3.30. The van der Waals surface area contributed by atoms with Gasteiger partial charge in [0, 0.05) is 25.2 Å². The second-order valence-corrected chi connectivity index (χ2v) is 6.39. The van der Waals surface area contributed by atoms with E-state index in [1.165, 1.54) is 24.0 Å². The third kappa shape index (κ3) is 7.08. The van der Waals surface area contributed by atoms with Crippen molar-refractivity contribution < 1.29 is 0 Å². The molecule has 0 atom stereocenters. The summed E-state index contributed by atoms with van der Waals surface area (Å²) in [4.78, 5) is 7.11. The zero-order valence-electron chi connectivity index (χ0n) is 14.8. The topological polar surface area (TPSA) is 39.7 Å². The number of hydrogen-bond acceptors (Lipinski definition) is 2. The Morgan fingerprint density at radius 1 is 1.26 bits per heavy atom. The molecule has 0 bridgehead atoms. The largest absolute Gasteiger partial charge is 0.357 e. The van der Waals surface area contributed by atoms with Crippen LogP contribution in [0.5, 0.6) is 0 Å². The van der Waals surface area contributed by atoms with Crippen LogP contribution in [0, 0.1) is 0 Å². The molecule has 0 aliphatic heterocycles. The summed E-state index contributed by atoms with van der Waals surface area (Å²) in [5.41, 5.74) is 2.67. The number of halogens is 1. The van der Waals surface area contributed by atoms with Crippen LogP contribution in [0.15, 0.2) is 29.3 Å². The second kappa shape index (κ2) is 10.1. The molecule has 1 aromatic carbocycles. The van der Waals surface area contributed by atoms with Gasteiger partial charge in [0.2, 0.25) is 0 Å². The first-order valence-corrected chi connectivity index (χ1v) is 8.42. The van der Waals surface area contributed by atoms with Gasteiger partial charge in [0.1, 0.15) is 0 Å². The van der Waals surface area contributed by atoms with E-state index in [2.05, 4.69) is 67.6 Å². The van der Waals surface area contributed by atoms with E-state index in [1.807, 2.05) is 0 Å². The smallest absolute Gasteiger partial charge is 0.191 e. The van der Waals surface area contributed by atoms with Gasteiger partial charge in [-0.05, 0) is 51.8 Å². The van der Waals surface area contributed by atoms with Crippen molar-refractivity contribution >= 4 is 29.9 Å². The van der Waals surface area contributed by atoms with Crippen LogP contribution >= 0.6 is 24.0 Å². The van der Waals surface area contributed by atoms with Crippen molar-refractivity contribution in [1.82, 2.24) is 15.5 Å². The van der Waals surface area contributed by atoms with E-state index in [1.54, 1.807) is 0 Å². The number of nitrogens with zero attached hydrogens (tertiary/aromatic N) is 2. The molecular formula is C18H31IN4. The summed E-state index contributed by atoms with van der Waals surface area (Å²) in [7, 11) is 2.17. The highest BCUT2D eigenvalue weighted by molar-refractivity contribution is 14.0. The standard InChI is InChI=1S/C18H30N4.HI/c1-5-19-18(21-17-10-11-17)20-12-15-8-6-7-9-16(15)13-22(4)14(2)3;/h6-9,14,17H,5,10-13H2,1-4H3,(H2,19,20,21);1H. The van der Waals surface area contributed by atoms with Crippen molar-refractivity contribution in [3.63, 3.8) is 0 Å². The fourth-order valence-corrected chi connectivity index (χ4v) is 2.22. The highest BCUT2D eigenvalue weighted by Crippen LogP contribution is 2.18. The highest BCUT2D eigenvalue weighted by Gasteiger charge is 2.22. The van der Waals surface area contributed by atoms with Gasteiger partial charge >= 0.3 is 0 Å². The lowest BCUT2D eigenvalue weighted by molar-refractivity contribution is 0.265. The molecule has 4 nitrogen and oxygen atoms in total. The predicted molar refractivity (Wildman–Crippen MR) is 109 cm³/mol. The lowest BCUT2D eigenvalue weighted by Gasteiger charge is -2.22. The van der Waals surface area contributed by atoms with E-state index in [9.17, 15) is 0 Å². The molecule has 5 heteroatoms. The average molecular weight is 430 g/mol. The molecule has 1 aromatic rings. The summed E-state index contributed by atoms with van der Waals surface area (Å²) in [5.74, 6) is 0.942. The van der Waals surface area contributed by atoms with E-state index in [-0.39, 0.29) is 24.0 Å². The molecule has 130 valence electrons. The minimum atomic E-state index is 0. The van der Waals surface area contributed by atoms with Crippen molar-refractivity contribution in [2.75, 3.05) is 13.6 Å². The van der Waals surface area contributed by atoms with Crippen LogP contribution in [0.4, 0.5) is 0 Å². The number of guanidine groups is 1. The fourth-order valence-electron chi connectivity index (χ4n) is 2.22. The molecule has 0 heterocycles. The Balaban J connectivity index is 0.00000264. The molecule has 0 aromatic heterocycles. The van der Waals surface area contributed by atoms with Crippen molar-refractivity contribution in [2.24, 2.45) is 4.99 Å². The lowest BCUT2D eigenvalue weighted by atomic mass is 10.1. The third-order valence-electron chi connectivity index (χ3n) is 4.09. The molecule has 1 saturated carbocycles. The quantitative estimate of drug-likeness (QED) is 0.396. The Kier molecular flexibility index (Phi) is 8.91. The molecule has 1 aliphatic carbocycles. The van der Waals surface area contributed by atoms with Gasteiger partial charge in [-0.25, -0.2) is 4.99 Å². The SMILES string of the molecule is CCNC(=NCc1ccccc1CN(C)C(C)C)NC1CC1.I. The third-order valence-corrected chi connectivity index (χ3v) is 4.09. The lowest BCUT2D eigenvalue weighted by Crippen LogP contribution is -2.38. The highest BCUT2D eigenvalue weighted by atomic mass is 127. The van der Waals surface area contributed by atoms with Crippen molar-refractivity contribution in [3.05, 3.63) is 35.4 Å². The van der Waals surface area contributed by atoms with E-state index < -0.39 is 0 Å². The van der Waals surface area contributed by atoms with Gasteiger partial charge in [0.25, 0.3) is 0 Å². The molecule has 0 spiro atoms. The molecular weight excluding hydrogens is 399 g/mol. The summed E-state index contributed by atoms with van der Waals surface area (Å²) in [5, 5.41) is 6.80. The van der Waals surface area contributed by atoms with E-state index in [0.29, 0.717) is 12.1 Å². The van der Waals surface area contributed by atoms with Crippen LogP contribution in [0.25, 0.3) is 0 Å². The Morgan fingerprint density at radius 2 is 1.91 bits per heavy atom. The fraction of sp³-hybridized carbons (Fsp3) is 0.611. The maximum Gasteiger partial charge on any atom is 0.191 e. The Hall–Kier alpha value is -0.820. The molecule has 1 aliphatic rings. The van der Waals surface area contributed by atoms with Crippen LogP contribution in [0.3, 0.4) is 0 Å². The molecule has 1 fully saturated rings. The van der Waals surface area contributed by atoms with Gasteiger partial charge in [0.05, 0.1) is 6.54 Å². The molecule has 2 N–H and O–H groups in total. The summed E-state index contributed by atoms with van der Waals surface area (Å²) in [6.07, 6.45) is 2.53. The van der Waals surface area contributed by atoms with Gasteiger partial charge in [-0.1, -0.05) is 24.3 Å².